The molecule has 1 unspecified atom stereocenters. The van der Waals surface area contributed by atoms with Gasteiger partial charge in [-0.1, -0.05) is 42.0 Å². The number of thioether (sulfide) groups is 1. The van der Waals surface area contributed by atoms with Crippen molar-refractivity contribution < 1.29 is 4.52 Å². The van der Waals surface area contributed by atoms with Crippen LogP contribution in [0.1, 0.15) is 19.1 Å². The summed E-state index contributed by atoms with van der Waals surface area (Å²) >= 11 is 1.77. The molecule has 4 heteroatoms. The van der Waals surface area contributed by atoms with Crippen molar-refractivity contribution in [3.63, 3.8) is 0 Å². The Morgan fingerprint density at radius 1 is 1.33 bits per heavy atom. The Hall–Kier alpha value is -1.68. The van der Waals surface area contributed by atoms with Crippen LogP contribution in [-0.2, 0) is 0 Å². The quantitative estimate of drug-likeness (QED) is 0.837. The number of anilines is 1. The second-order valence-electron chi connectivity index (χ2n) is 4.00. The molecule has 1 atom stereocenters. The maximum absolute atomic E-state index is 5.20. The van der Waals surface area contributed by atoms with E-state index >= 15 is 0 Å². The fraction of sp³-hybridized carbons (Fsp3) is 0.214. The van der Waals surface area contributed by atoms with E-state index in [0.717, 1.165) is 22.8 Å². The van der Waals surface area contributed by atoms with Crippen molar-refractivity contribution in [2.24, 2.45) is 0 Å². The highest BCUT2D eigenvalue weighted by atomic mass is 32.2. The van der Waals surface area contributed by atoms with Gasteiger partial charge in [-0.2, -0.15) is 0 Å². The van der Waals surface area contributed by atoms with Gasteiger partial charge >= 0.3 is 0 Å². The maximum atomic E-state index is 5.20. The third-order valence-corrected chi connectivity index (χ3v) is 4.15. The lowest BCUT2D eigenvalue weighted by molar-refractivity contribution is 0.412. The van der Waals surface area contributed by atoms with Gasteiger partial charge in [0, 0.05) is 11.8 Å². The van der Waals surface area contributed by atoms with Crippen molar-refractivity contribution in [3.05, 3.63) is 54.6 Å². The number of benzene rings is 1. The zero-order chi connectivity index (χ0) is 12.4. The lowest BCUT2D eigenvalue weighted by Gasteiger charge is -2.22. The van der Waals surface area contributed by atoms with Crippen molar-refractivity contribution in [1.29, 1.82) is 0 Å². The second-order valence-corrected chi connectivity index (χ2v) is 5.19. The van der Waals surface area contributed by atoms with E-state index in [1.807, 2.05) is 24.3 Å². The second kappa shape index (κ2) is 4.90. The summed E-state index contributed by atoms with van der Waals surface area (Å²) < 4.78 is 5.20. The van der Waals surface area contributed by atoms with E-state index in [1.165, 1.54) is 0 Å². The van der Waals surface area contributed by atoms with E-state index in [0.29, 0.717) is 5.37 Å². The molecule has 1 aliphatic heterocycles. The molecule has 3 rings (SSSR count). The van der Waals surface area contributed by atoms with Gasteiger partial charge in [-0.15, -0.1) is 0 Å². The van der Waals surface area contributed by atoms with E-state index in [9.17, 15) is 0 Å². The molecule has 91 valence electrons. The number of rotatable bonds is 3. The van der Waals surface area contributed by atoms with Crippen LogP contribution in [0.2, 0.25) is 0 Å². The van der Waals surface area contributed by atoms with Gasteiger partial charge in [-0.3, -0.25) is 0 Å². The van der Waals surface area contributed by atoms with Crippen LogP contribution >= 0.6 is 11.8 Å². The molecule has 0 fully saturated rings. The summed E-state index contributed by atoms with van der Waals surface area (Å²) in [6.45, 7) is 2.18. The lowest BCUT2D eigenvalue weighted by atomic mass is 10.3. The Bertz CT molecular complexity index is 536. The minimum atomic E-state index is 0.368. The Labute approximate surface area is 110 Å². The Balaban J connectivity index is 1.93. The molecular weight excluding hydrogens is 244 g/mol. The van der Waals surface area contributed by atoms with Gasteiger partial charge < -0.3 is 9.42 Å². The molecular formula is C14H13N2OS. The molecule has 2 aromatic rings. The minimum Gasteiger partial charge on any atom is -0.356 e. The molecule has 0 spiro atoms. The summed E-state index contributed by atoms with van der Waals surface area (Å²) in [6.07, 6.45) is 6.10. The number of hydrogen-bond donors (Lipinski definition) is 0. The van der Waals surface area contributed by atoms with Crippen LogP contribution in [0.25, 0.3) is 4.91 Å². The first kappa shape index (κ1) is 11.4. The molecule has 0 saturated heterocycles. The average molecular weight is 257 g/mol. The lowest BCUT2D eigenvalue weighted by Crippen LogP contribution is -2.23. The van der Waals surface area contributed by atoms with Crippen LogP contribution in [0.4, 0.5) is 5.69 Å². The number of aromatic nitrogens is 1. The molecule has 0 N–H and O–H groups in total. The summed E-state index contributed by atoms with van der Waals surface area (Å²) in [5.41, 5.74) is 1.16. The highest BCUT2D eigenvalue weighted by Gasteiger charge is 2.28. The van der Waals surface area contributed by atoms with Gasteiger partial charge in [0.2, 0.25) is 0 Å². The predicted octanol–water partition coefficient (Wildman–Crippen LogP) is 3.77. The SMILES string of the molecule is CCC1SC(c2ccno2)=[C]N1c1ccccc1. The fourth-order valence-corrected chi connectivity index (χ4v) is 3.02. The molecule has 1 aliphatic rings. The number of para-hydroxylation sites is 1. The van der Waals surface area contributed by atoms with E-state index in [1.54, 1.807) is 18.0 Å². The highest BCUT2D eigenvalue weighted by Crippen LogP contribution is 2.42. The van der Waals surface area contributed by atoms with Crippen molar-refractivity contribution in [3.8, 4) is 0 Å². The molecule has 0 amide bonds. The van der Waals surface area contributed by atoms with E-state index in [-0.39, 0.29) is 0 Å². The van der Waals surface area contributed by atoms with Crippen molar-refractivity contribution in [1.82, 2.24) is 5.16 Å². The van der Waals surface area contributed by atoms with Crippen LogP contribution in [-0.4, -0.2) is 10.5 Å². The van der Waals surface area contributed by atoms with Crippen LogP contribution in [0.3, 0.4) is 0 Å². The normalized spacial score (nSPS) is 19.1. The topological polar surface area (TPSA) is 29.3 Å². The summed E-state index contributed by atoms with van der Waals surface area (Å²) in [7, 11) is 0. The summed E-state index contributed by atoms with van der Waals surface area (Å²) in [5, 5.41) is 4.12. The molecule has 3 nitrogen and oxygen atoms in total. The van der Waals surface area contributed by atoms with Gasteiger partial charge in [-0.05, 0) is 18.6 Å². The largest absolute Gasteiger partial charge is 0.356 e. The zero-order valence-electron chi connectivity index (χ0n) is 10.0. The van der Waals surface area contributed by atoms with Crippen molar-refractivity contribution in [2.75, 3.05) is 4.90 Å². The van der Waals surface area contributed by atoms with Gasteiger partial charge in [0.25, 0.3) is 0 Å². The predicted molar refractivity (Wildman–Crippen MR) is 73.7 cm³/mol. The standard InChI is InChI=1S/C14H13N2OS/c1-2-14-16(11-6-4-3-5-7-11)10-13(18-14)12-8-9-15-17-12/h3-9,14H,2H2,1H3. The summed E-state index contributed by atoms with van der Waals surface area (Å²) in [4.78, 5) is 3.19. The van der Waals surface area contributed by atoms with Crippen LogP contribution in [0.15, 0.2) is 47.1 Å². The smallest absolute Gasteiger partial charge is 0.175 e. The van der Waals surface area contributed by atoms with Crippen molar-refractivity contribution in [2.45, 2.75) is 18.7 Å². The maximum Gasteiger partial charge on any atom is 0.175 e. The average Bonchev–Trinajstić information content (AvgIpc) is 3.08. The summed E-state index contributed by atoms with van der Waals surface area (Å²) in [6, 6.07) is 12.2. The number of hydrogen-bond acceptors (Lipinski definition) is 4. The van der Waals surface area contributed by atoms with E-state index in [4.69, 9.17) is 4.52 Å². The van der Waals surface area contributed by atoms with Crippen molar-refractivity contribution >= 4 is 22.4 Å². The molecule has 1 aromatic carbocycles. The zero-order valence-corrected chi connectivity index (χ0v) is 10.9. The Kier molecular flexibility index (Phi) is 3.11. The van der Waals surface area contributed by atoms with Gasteiger partial charge in [-0.25, -0.2) is 0 Å². The van der Waals surface area contributed by atoms with Gasteiger partial charge in [0.1, 0.15) is 0 Å². The molecule has 0 aliphatic carbocycles. The molecule has 2 heterocycles. The molecule has 0 saturated carbocycles. The van der Waals surface area contributed by atoms with Crippen LogP contribution < -0.4 is 4.90 Å². The van der Waals surface area contributed by atoms with Crippen LogP contribution in [0, 0.1) is 6.20 Å². The summed E-state index contributed by atoms with van der Waals surface area (Å²) in [5.74, 6) is 0.789. The fourth-order valence-electron chi connectivity index (χ4n) is 1.93. The third kappa shape index (κ3) is 2.04. The third-order valence-electron chi connectivity index (χ3n) is 2.81. The van der Waals surface area contributed by atoms with E-state index in [2.05, 4.69) is 35.3 Å². The molecule has 18 heavy (non-hydrogen) atoms. The molecule has 0 bridgehead atoms. The van der Waals surface area contributed by atoms with Crippen LogP contribution in [0.5, 0.6) is 0 Å². The minimum absolute atomic E-state index is 0.368. The Morgan fingerprint density at radius 2 is 2.17 bits per heavy atom. The molecule has 1 aromatic heterocycles. The Morgan fingerprint density at radius 3 is 2.83 bits per heavy atom. The first-order chi connectivity index (χ1) is 8.88. The first-order valence-electron chi connectivity index (χ1n) is 5.94. The monoisotopic (exact) mass is 257 g/mol. The number of nitrogens with zero attached hydrogens (tertiary/aromatic N) is 2. The highest BCUT2D eigenvalue weighted by molar-refractivity contribution is 8.09. The molecule has 1 radical (unpaired) electrons. The van der Waals surface area contributed by atoms with Gasteiger partial charge in [0.15, 0.2) is 5.76 Å². The first-order valence-corrected chi connectivity index (χ1v) is 6.82. The van der Waals surface area contributed by atoms with Gasteiger partial charge in [0.05, 0.1) is 22.7 Å². The van der Waals surface area contributed by atoms with E-state index < -0.39 is 0 Å².